The van der Waals surface area contributed by atoms with E-state index in [1.54, 1.807) is 7.11 Å². The SMILES string of the molecule is CCc1ccc(C(=O)N2CCN(CCOC)CC2CC(C)C)cc1. The molecule has 1 aliphatic rings. The number of ether oxygens (including phenoxy) is 1. The number of carbonyl (C=O) groups is 1. The first-order valence-corrected chi connectivity index (χ1v) is 9.16. The molecule has 2 rings (SSSR count). The molecule has 4 nitrogen and oxygen atoms in total. The van der Waals surface area contributed by atoms with Crippen LogP contribution in [0, 0.1) is 5.92 Å². The molecule has 24 heavy (non-hydrogen) atoms. The summed E-state index contributed by atoms with van der Waals surface area (Å²) >= 11 is 0. The number of benzene rings is 1. The van der Waals surface area contributed by atoms with Gasteiger partial charge in [0.1, 0.15) is 0 Å². The summed E-state index contributed by atoms with van der Waals surface area (Å²) in [6.45, 7) is 11.0. The third-order valence-corrected chi connectivity index (χ3v) is 4.79. The normalized spacial score (nSPS) is 19.0. The van der Waals surface area contributed by atoms with E-state index in [9.17, 15) is 4.79 Å². The summed E-state index contributed by atoms with van der Waals surface area (Å²) < 4.78 is 5.20. The van der Waals surface area contributed by atoms with Crippen molar-refractivity contribution in [2.75, 3.05) is 39.9 Å². The molecule has 1 unspecified atom stereocenters. The maximum Gasteiger partial charge on any atom is 0.254 e. The summed E-state index contributed by atoms with van der Waals surface area (Å²) in [7, 11) is 1.74. The molecule has 1 saturated heterocycles. The maximum absolute atomic E-state index is 13.0. The van der Waals surface area contributed by atoms with Crippen LogP contribution in [-0.4, -0.2) is 61.6 Å². The van der Waals surface area contributed by atoms with Gasteiger partial charge in [-0.1, -0.05) is 32.9 Å². The second-order valence-electron chi connectivity index (χ2n) is 7.13. The van der Waals surface area contributed by atoms with E-state index in [-0.39, 0.29) is 11.9 Å². The molecule has 1 aromatic carbocycles. The fourth-order valence-corrected chi connectivity index (χ4v) is 3.41. The van der Waals surface area contributed by atoms with Gasteiger partial charge in [0.25, 0.3) is 5.91 Å². The van der Waals surface area contributed by atoms with Crippen LogP contribution in [-0.2, 0) is 11.2 Å². The minimum absolute atomic E-state index is 0.176. The Kier molecular flexibility index (Phi) is 7.25. The van der Waals surface area contributed by atoms with E-state index in [0.29, 0.717) is 5.92 Å². The smallest absolute Gasteiger partial charge is 0.254 e. The lowest BCUT2D eigenvalue weighted by molar-refractivity contribution is 0.0349. The summed E-state index contributed by atoms with van der Waals surface area (Å²) in [6.07, 6.45) is 2.05. The van der Waals surface area contributed by atoms with Crippen LogP contribution in [0.25, 0.3) is 0 Å². The molecule has 4 heteroatoms. The average Bonchev–Trinajstić information content (AvgIpc) is 2.59. The quantitative estimate of drug-likeness (QED) is 0.769. The number of rotatable bonds is 7. The van der Waals surface area contributed by atoms with Crippen molar-refractivity contribution in [1.29, 1.82) is 0 Å². The lowest BCUT2D eigenvalue weighted by atomic mass is 9.98. The Hall–Kier alpha value is -1.39. The van der Waals surface area contributed by atoms with Crippen molar-refractivity contribution in [3.05, 3.63) is 35.4 Å². The van der Waals surface area contributed by atoms with Crippen molar-refractivity contribution in [3.8, 4) is 0 Å². The highest BCUT2D eigenvalue weighted by Gasteiger charge is 2.31. The van der Waals surface area contributed by atoms with Crippen LogP contribution in [0.2, 0.25) is 0 Å². The van der Waals surface area contributed by atoms with Crippen LogP contribution in [0.3, 0.4) is 0 Å². The Morgan fingerprint density at radius 1 is 1.25 bits per heavy atom. The second kappa shape index (κ2) is 9.19. The summed E-state index contributed by atoms with van der Waals surface area (Å²) in [6, 6.07) is 8.38. The number of nitrogens with zero attached hydrogens (tertiary/aromatic N) is 2. The van der Waals surface area contributed by atoms with Gasteiger partial charge in [0.2, 0.25) is 0 Å². The Balaban J connectivity index is 2.08. The Morgan fingerprint density at radius 2 is 1.96 bits per heavy atom. The van der Waals surface area contributed by atoms with Crippen molar-refractivity contribution < 1.29 is 9.53 Å². The Labute approximate surface area is 146 Å². The summed E-state index contributed by atoms with van der Waals surface area (Å²) in [5, 5.41) is 0. The van der Waals surface area contributed by atoms with Crippen molar-refractivity contribution in [3.63, 3.8) is 0 Å². The van der Waals surface area contributed by atoms with E-state index in [1.807, 2.05) is 12.1 Å². The molecule has 1 atom stereocenters. The third-order valence-electron chi connectivity index (χ3n) is 4.79. The number of hydrogen-bond donors (Lipinski definition) is 0. The van der Waals surface area contributed by atoms with Crippen molar-refractivity contribution >= 4 is 5.91 Å². The van der Waals surface area contributed by atoms with Gasteiger partial charge in [-0.05, 0) is 36.5 Å². The number of hydrogen-bond acceptors (Lipinski definition) is 3. The summed E-state index contributed by atoms with van der Waals surface area (Å²) in [4.78, 5) is 17.5. The lowest BCUT2D eigenvalue weighted by Gasteiger charge is -2.42. The predicted molar refractivity (Wildman–Crippen MR) is 98.4 cm³/mol. The zero-order valence-corrected chi connectivity index (χ0v) is 15.6. The number of methoxy groups -OCH3 is 1. The molecule has 0 aliphatic carbocycles. The number of piperazine rings is 1. The molecular formula is C20H32N2O2. The fraction of sp³-hybridized carbons (Fsp3) is 0.650. The molecule has 0 N–H and O–H groups in total. The molecule has 0 aromatic heterocycles. The fourth-order valence-electron chi connectivity index (χ4n) is 3.41. The summed E-state index contributed by atoms with van der Waals surface area (Å²) in [5.74, 6) is 0.754. The van der Waals surface area contributed by atoms with Crippen molar-refractivity contribution in [2.45, 2.75) is 39.7 Å². The molecule has 1 aliphatic heterocycles. The van der Waals surface area contributed by atoms with Gasteiger partial charge in [0.05, 0.1) is 6.61 Å². The van der Waals surface area contributed by atoms with Gasteiger partial charge in [-0.15, -0.1) is 0 Å². The molecular weight excluding hydrogens is 300 g/mol. The van der Waals surface area contributed by atoms with Gasteiger partial charge in [-0.2, -0.15) is 0 Å². The highest BCUT2D eigenvalue weighted by atomic mass is 16.5. The lowest BCUT2D eigenvalue weighted by Crippen LogP contribution is -2.56. The van der Waals surface area contributed by atoms with E-state index < -0.39 is 0 Å². The monoisotopic (exact) mass is 332 g/mol. The zero-order chi connectivity index (χ0) is 17.5. The van der Waals surface area contributed by atoms with E-state index >= 15 is 0 Å². The first-order chi connectivity index (χ1) is 11.5. The molecule has 134 valence electrons. The van der Waals surface area contributed by atoms with Gasteiger partial charge >= 0.3 is 0 Å². The second-order valence-corrected chi connectivity index (χ2v) is 7.13. The number of carbonyl (C=O) groups excluding carboxylic acids is 1. The molecule has 1 heterocycles. The molecule has 0 bridgehead atoms. The molecule has 0 radical (unpaired) electrons. The highest BCUT2D eigenvalue weighted by Crippen LogP contribution is 2.20. The molecule has 1 aromatic rings. The van der Waals surface area contributed by atoms with Crippen molar-refractivity contribution in [2.24, 2.45) is 5.92 Å². The van der Waals surface area contributed by atoms with Crippen LogP contribution in [0.15, 0.2) is 24.3 Å². The first kappa shape index (κ1) is 18.9. The minimum Gasteiger partial charge on any atom is -0.383 e. The number of amides is 1. The summed E-state index contributed by atoms with van der Waals surface area (Å²) in [5.41, 5.74) is 2.08. The average molecular weight is 332 g/mol. The minimum atomic E-state index is 0.176. The van der Waals surface area contributed by atoms with Gasteiger partial charge in [-0.25, -0.2) is 0 Å². The van der Waals surface area contributed by atoms with E-state index in [0.717, 1.165) is 51.2 Å². The number of aryl methyl sites for hydroxylation is 1. The largest absolute Gasteiger partial charge is 0.383 e. The highest BCUT2D eigenvalue weighted by molar-refractivity contribution is 5.94. The molecule has 1 amide bonds. The van der Waals surface area contributed by atoms with Crippen molar-refractivity contribution in [1.82, 2.24) is 9.80 Å². The van der Waals surface area contributed by atoms with E-state index in [1.165, 1.54) is 5.56 Å². The van der Waals surface area contributed by atoms with Crippen LogP contribution >= 0.6 is 0 Å². The van der Waals surface area contributed by atoms with Gasteiger partial charge < -0.3 is 9.64 Å². The van der Waals surface area contributed by atoms with E-state index in [2.05, 4.69) is 42.7 Å². The van der Waals surface area contributed by atoms with Crippen LogP contribution in [0.5, 0.6) is 0 Å². The molecule has 0 saturated carbocycles. The maximum atomic E-state index is 13.0. The van der Waals surface area contributed by atoms with Gasteiger partial charge in [-0.3, -0.25) is 9.69 Å². The van der Waals surface area contributed by atoms with Crippen LogP contribution in [0.4, 0.5) is 0 Å². The van der Waals surface area contributed by atoms with Crippen LogP contribution in [0.1, 0.15) is 43.1 Å². The molecule has 0 spiro atoms. The zero-order valence-electron chi connectivity index (χ0n) is 15.6. The third kappa shape index (κ3) is 5.05. The van der Waals surface area contributed by atoms with E-state index in [4.69, 9.17) is 4.74 Å². The van der Waals surface area contributed by atoms with Crippen LogP contribution < -0.4 is 0 Å². The van der Waals surface area contributed by atoms with Gasteiger partial charge in [0.15, 0.2) is 0 Å². The standard InChI is InChI=1S/C20H32N2O2/c1-5-17-6-8-18(9-7-17)20(23)22-11-10-21(12-13-24-4)15-19(22)14-16(2)3/h6-9,16,19H,5,10-15H2,1-4H3. The predicted octanol–water partition coefficient (Wildman–Crippen LogP) is 3.07. The van der Waals surface area contributed by atoms with Gasteiger partial charge in [0, 0.05) is 44.9 Å². The topological polar surface area (TPSA) is 32.8 Å². The molecule has 1 fully saturated rings. The Morgan fingerprint density at radius 3 is 2.54 bits per heavy atom. The first-order valence-electron chi connectivity index (χ1n) is 9.16. The Bertz CT molecular complexity index is 513.